The molecule has 0 bridgehead atoms. The predicted octanol–water partition coefficient (Wildman–Crippen LogP) is 2.49. The van der Waals surface area contributed by atoms with E-state index in [9.17, 15) is 9.59 Å². The van der Waals surface area contributed by atoms with Gasteiger partial charge in [-0.05, 0) is 24.3 Å². The van der Waals surface area contributed by atoms with E-state index < -0.39 is 5.97 Å². The molecule has 0 atom stereocenters. The lowest BCUT2D eigenvalue weighted by Crippen LogP contribution is -2.14. The highest BCUT2D eigenvalue weighted by Gasteiger charge is 2.16. The van der Waals surface area contributed by atoms with E-state index in [2.05, 4.69) is 0 Å². The number of carbonyl (C=O) groups is 2. The fourth-order valence-corrected chi connectivity index (χ4v) is 1.39. The molecule has 0 amide bonds. The number of nitrogens with zero attached hydrogens (tertiary/aromatic N) is 1. The molecule has 5 heteroatoms. The quantitative estimate of drug-likeness (QED) is 0.364. The molecule has 1 aromatic rings. The molecule has 96 valence electrons. The summed E-state index contributed by atoms with van der Waals surface area (Å²) < 4.78 is 4.91. The van der Waals surface area contributed by atoms with Crippen LogP contribution in [0.1, 0.15) is 17.3 Å². The molecule has 0 fully saturated rings. The third kappa shape index (κ3) is 4.22. The Balaban J connectivity index is 3.02. The molecule has 0 saturated heterocycles. The molecule has 0 aromatic heterocycles. The van der Waals surface area contributed by atoms with Crippen molar-refractivity contribution >= 4 is 23.4 Å². The fourth-order valence-electron chi connectivity index (χ4n) is 1.26. The fraction of sp³-hybridized carbons (Fsp3) is 0.231. The van der Waals surface area contributed by atoms with Crippen molar-refractivity contribution < 1.29 is 14.3 Å². The summed E-state index contributed by atoms with van der Waals surface area (Å²) in [5.74, 6) is -0.921. The van der Waals surface area contributed by atoms with Crippen LogP contribution in [0.4, 0.5) is 0 Å². The van der Waals surface area contributed by atoms with Crippen molar-refractivity contribution in [3.8, 4) is 0 Å². The molecule has 0 heterocycles. The number of carbonyl (C=O) groups excluding carboxylic acids is 2. The number of hydrogen-bond acceptors (Lipinski definition) is 4. The van der Waals surface area contributed by atoms with Crippen LogP contribution in [0.25, 0.3) is 0 Å². The Morgan fingerprint density at radius 3 is 2.22 bits per heavy atom. The molecular formula is C13H14ClNO3. The first-order valence-electron chi connectivity index (χ1n) is 5.27. The first kappa shape index (κ1) is 14.3. The van der Waals surface area contributed by atoms with E-state index in [-0.39, 0.29) is 11.5 Å². The SMILES string of the molecule is CC(=O)O/C(=C\N(C)C)C(=O)c1ccc(Cl)cc1. The Labute approximate surface area is 111 Å². The number of benzene rings is 1. The Morgan fingerprint density at radius 1 is 1.22 bits per heavy atom. The highest BCUT2D eigenvalue weighted by Crippen LogP contribution is 2.14. The third-order valence-electron chi connectivity index (χ3n) is 1.96. The van der Waals surface area contributed by atoms with Crippen molar-refractivity contribution in [2.45, 2.75) is 6.92 Å². The van der Waals surface area contributed by atoms with Crippen LogP contribution in [0.15, 0.2) is 36.2 Å². The summed E-state index contributed by atoms with van der Waals surface area (Å²) in [6, 6.07) is 6.38. The van der Waals surface area contributed by atoms with Gasteiger partial charge in [-0.15, -0.1) is 0 Å². The van der Waals surface area contributed by atoms with Gasteiger partial charge in [0, 0.05) is 37.8 Å². The van der Waals surface area contributed by atoms with Crippen LogP contribution in [0, 0.1) is 0 Å². The third-order valence-corrected chi connectivity index (χ3v) is 2.21. The largest absolute Gasteiger partial charge is 0.421 e. The maximum Gasteiger partial charge on any atom is 0.308 e. The Hall–Kier alpha value is -1.81. The van der Waals surface area contributed by atoms with Crippen molar-refractivity contribution in [3.63, 3.8) is 0 Å². The summed E-state index contributed by atoms with van der Waals surface area (Å²) in [7, 11) is 3.47. The standard InChI is InChI=1S/C13H14ClNO3/c1-9(16)18-12(8-15(2)3)13(17)10-4-6-11(14)7-5-10/h4-8H,1-3H3/b12-8-. The molecule has 0 saturated carbocycles. The second-order valence-electron chi connectivity index (χ2n) is 3.89. The molecule has 4 nitrogen and oxygen atoms in total. The van der Waals surface area contributed by atoms with Gasteiger partial charge in [0.05, 0.1) is 0 Å². The van der Waals surface area contributed by atoms with Gasteiger partial charge in [0.2, 0.25) is 5.78 Å². The van der Waals surface area contributed by atoms with Crippen LogP contribution in [0.5, 0.6) is 0 Å². The van der Waals surface area contributed by atoms with Crippen molar-refractivity contribution in [2.75, 3.05) is 14.1 Å². The lowest BCUT2D eigenvalue weighted by Gasteiger charge is -2.10. The summed E-state index contributed by atoms with van der Waals surface area (Å²) in [5.41, 5.74) is 0.411. The minimum Gasteiger partial charge on any atom is -0.421 e. The monoisotopic (exact) mass is 267 g/mol. The average molecular weight is 268 g/mol. The molecule has 0 radical (unpaired) electrons. The molecule has 0 aliphatic carbocycles. The summed E-state index contributed by atoms with van der Waals surface area (Å²) in [6.07, 6.45) is 1.46. The Kier molecular flexibility index (Phi) is 4.92. The average Bonchev–Trinajstić information content (AvgIpc) is 2.27. The van der Waals surface area contributed by atoms with Gasteiger partial charge in [-0.25, -0.2) is 0 Å². The normalized spacial score (nSPS) is 11.0. The molecule has 0 spiro atoms. The molecule has 1 rings (SSSR count). The summed E-state index contributed by atoms with van der Waals surface area (Å²) in [5, 5.41) is 0.539. The van der Waals surface area contributed by atoms with Gasteiger partial charge in [-0.1, -0.05) is 11.6 Å². The van der Waals surface area contributed by atoms with Gasteiger partial charge in [-0.2, -0.15) is 0 Å². The topological polar surface area (TPSA) is 46.6 Å². The summed E-state index contributed by atoms with van der Waals surface area (Å²) >= 11 is 5.75. The van der Waals surface area contributed by atoms with Crippen LogP contribution < -0.4 is 0 Å². The van der Waals surface area contributed by atoms with Crippen LogP contribution in [0.3, 0.4) is 0 Å². The first-order valence-corrected chi connectivity index (χ1v) is 5.65. The van der Waals surface area contributed by atoms with Crippen molar-refractivity contribution in [1.29, 1.82) is 0 Å². The summed E-state index contributed by atoms with van der Waals surface area (Å²) in [6.45, 7) is 1.25. The van der Waals surface area contributed by atoms with Crippen molar-refractivity contribution in [1.82, 2.24) is 4.90 Å². The lowest BCUT2D eigenvalue weighted by atomic mass is 10.1. The number of hydrogen-bond donors (Lipinski definition) is 0. The zero-order valence-corrected chi connectivity index (χ0v) is 11.2. The smallest absolute Gasteiger partial charge is 0.308 e. The van der Waals surface area contributed by atoms with Crippen molar-refractivity contribution in [3.05, 3.63) is 46.8 Å². The van der Waals surface area contributed by atoms with Gasteiger partial charge < -0.3 is 9.64 Å². The first-order chi connectivity index (χ1) is 8.40. The molecule has 0 aliphatic rings. The van der Waals surface area contributed by atoms with E-state index in [1.807, 2.05) is 0 Å². The highest BCUT2D eigenvalue weighted by atomic mass is 35.5. The number of rotatable bonds is 4. The van der Waals surface area contributed by atoms with Gasteiger partial charge in [-0.3, -0.25) is 9.59 Å². The van der Waals surface area contributed by atoms with E-state index in [1.54, 1.807) is 43.3 Å². The number of halogens is 1. The second kappa shape index (κ2) is 6.21. The number of Topliss-reactive ketones (excluding diaryl/α,β-unsaturated/α-hetero) is 1. The van der Waals surface area contributed by atoms with E-state index in [0.29, 0.717) is 10.6 Å². The minimum absolute atomic E-state index is 0.0187. The lowest BCUT2D eigenvalue weighted by molar-refractivity contribution is -0.136. The number of allylic oxidation sites excluding steroid dienone is 1. The highest BCUT2D eigenvalue weighted by molar-refractivity contribution is 6.30. The maximum absolute atomic E-state index is 12.1. The number of esters is 1. The molecule has 0 N–H and O–H groups in total. The molecular weight excluding hydrogens is 254 g/mol. The predicted molar refractivity (Wildman–Crippen MR) is 69.3 cm³/mol. The zero-order chi connectivity index (χ0) is 13.7. The molecule has 1 aromatic carbocycles. The van der Waals surface area contributed by atoms with Crippen LogP contribution in [0.2, 0.25) is 5.02 Å². The Morgan fingerprint density at radius 2 is 1.78 bits per heavy atom. The van der Waals surface area contributed by atoms with Crippen LogP contribution in [-0.2, 0) is 9.53 Å². The van der Waals surface area contributed by atoms with E-state index >= 15 is 0 Å². The second-order valence-corrected chi connectivity index (χ2v) is 4.32. The zero-order valence-electron chi connectivity index (χ0n) is 10.4. The van der Waals surface area contributed by atoms with Gasteiger partial charge in [0.1, 0.15) is 0 Å². The van der Waals surface area contributed by atoms with Crippen LogP contribution in [-0.4, -0.2) is 30.7 Å². The Bertz CT molecular complexity index is 478. The van der Waals surface area contributed by atoms with Gasteiger partial charge in [0.15, 0.2) is 5.76 Å². The van der Waals surface area contributed by atoms with Crippen LogP contribution >= 0.6 is 11.6 Å². The molecule has 0 aliphatic heterocycles. The summed E-state index contributed by atoms with van der Waals surface area (Å²) in [4.78, 5) is 24.7. The number of ketones is 1. The number of ether oxygens (including phenoxy) is 1. The molecule has 18 heavy (non-hydrogen) atoms. The van der Waals surface area contributed by atoms with Crippen molar-refractivity contribution in [2.24, 2.45) is 0 Å². The van der Waals surface area contributed by atoms with E-state index in [0.717, 1.165) is 0 Å². The van der Waals surface area contributed by atoms with E-state index in [4.69, 9.17) is 16.3 Å². The maximum atomic E-state index is 12.1. The van der Waals surface area contributed by atoms with Gasteiger partial charge in [0.25, 0.3) is 0 Å². The van der Waals surface area contributed by atoms with Gasteiger partial charge >= 0.3 is 5.97 Å². The molecule has 0 unspecified atom stereocenters. The minimum atomic E-state index is -0.537. The van der Waals surface area contributed by atoms with E-state index in [1.165, 1.54) is 13.1 Å².